The number of aldehydes is 1. The Bertz CT molecular complexity index is 1280. The van der Waals surface area contributed by atoms with Gasteiger partial charge in [-0.15, -0.1) is 0 Å². The van der Waals surface area contributed by atoms with E-state index in [2.05, 4.69) is 127 Å². The van der Waals surface area contributed by atoms with Gasteiger partial charge in [0.25, 0.3) is 0 Å². The smallest absolute Gasteiger partial charge is 0.145 e. The second-order valence-corrected chi connectivity index (χ2v) is 11.7. The summed E-state index contributed by atoms with van der Waals surface area (Å²) in [5.74, 6) is 0. The zero-order valence-corrected chi connectivity index (χ0v) is 27.0. The fourth-order valence-corrected chi connectivity index (χ4v) is 4.36. The Morgan fingerprint density at radius 2 is 0.927 bits per heavy atom. The maximum absolute atomic E-state index is 10.6. The van der Waals surface area contributed by atoms with Crippen LogP contribution in [0.2, 0.25) is 0 Å². The van der Waals surface area contributed by atoms with Crippen molar-refractivity contribution in [1.29, 1.82) is 0 Å². The Kier molecular flexibility index (Phi) is 16.7. The molecule has 0 N–H and O–H groups in total. The van der Waals surface area contributed by atoms with E-state index in [1.807, 2.05) is 31.2 Å². The number of rotatable bonds is 13. The van der Waals surface area contributed by atoms with Crippen molar-refractivity contribution in [2.24, 2.45) is 5.41 Å². The highest BCUT2D eigenvalue weighted by Gasteiger charge is 2.26. The van der Waals surface area contributed by atoms with E-state index in [1.165, 1.54) is 52.7 Å². The minimum Gasteiger partial charge on any atom is -0.298 e. The van der Waals surface area contributed by atoms with Crippen LogP contribution in [0.5, 0.6) is 0 Å². The maximum Gasteiger partial charge on any atom is 0.145 e. The van der Waals surface area contributed by atoms with Gasteiger partial charge < -0.3 is 0 Å². The third-order valence-corrected chi connectivity index (χ3v) is 6.94. The van der Waals surface area contributed by atoms with Gasteiger partial charge in [0.2, 0.25) is 0 Å². The highest BCUT2D eigenvalue weighted by atomic mass is 16.1. The van der Waals surface area contributed by atoms with Gasteiger partial charge in [0.1, 0.15) is 6.29 Å². The Morgan fingerprint density at radius 1 is 0.561 bits per heavy atom. The number of hydrogen-bond acceptors (Lipinski definition) is 1. The van der Waals surface area contributed by atoms with E-state index in [0.29, 0.717) is 5.57 Å². The van der Waals surface area contributed by atoms with Crippen LogP contribution in [0.4, 0.5) is 0 Å². The first-order chi connectivity index (χ1) is 19.4. The Labute approximate surface area is 251 Å². The van der Waals surface area contributed by atoms with Crippen molar-refractivity contribution in [2.75, 3.05) is 0 Å². The van der Waals surface area contributed by atoms with Crippen molar-refractivity contribution in [3.8, 4) is 0 Å². The Morgan fingerprint density at radius 3 is 1.32 bits per heavy atom. The Hall–Kier alpha value is -3.71. The van der Waals surface area contributed by atoms with Crippen LogP contribution in [-0.4, -0.2) is 6.29 Å². The summed E-state index contributed by atoms with van der Waals surface area (Å²) >= 11 is 0. The highest BCUT2D eigenvalue weighted by molar-refractivity contribution is 5.72. The zero-order valence-electron chi connectivity index (χ0n) is 27.0. The molecule has 1 rings (SSSR count). The van der Waals surface area contributed by atoms with Gasteiger partial charge in [0.05, 0.1) is 0 Å². The van der Waals surface area contributed by atoms with Crippen molar-refractivity contribution >= 4 is 6.29 Å². The van der Waals surface area contributed by atoms with Crippen molar-refractivity contribution < 1.29 is 4.79 Å². The normalized spacial score (nSPS) is 19.0. The summed E-state index contributed by atoms with van der Waals surface area (Å²) in [7, 11) is 0. The molecule has 0 spiro atoms. The average molecular weight is 549 g/mol. The van der Waals surface area contributed by atoms with Crippen molar-refractivity contribution in [3.05, 3.63) is 154 Å². The number of carbonyl (C=O) groups is 1. The van der Waals surface area contributed by atoms with E-state index >= 15 is 0 Å². The van der Waals surface area contributed by atoms with Crippen LogP contribution in [0.3, 0.4) is 0 Å². The molecule has 0 radical (unpaired) electrons. The van der Waals surface area contributed by atoms with E-state index in [0.717, 1.165) is 11.9 Å². The average Bonchev–Trinajstić information content (AvgIpc) is 2.90. The zero-order chi connectivity index (χ0) is 30.7. The molecule has 0 aromatic rings. The van der Waals surface area contributed by atoms with Crippen molar-refractivity contribution in [2.45, 2.75) is 81.6 Å². The Balaban J connectivity index is 2.61. The quantitative estimate of drug-likeness (QED) is 0.127. The van der Waals surface area contributed by atoms with Crippen LogP contribution in [0.15, 0.2) is 154 Å². The third kappa shape index (κ3) is 16.2. The molecule has 41 heavy (non-hydrogen) atoms. The molecular formula is C40H52O. The molecule has 0 aromatic heterocycles. The first-order valence-corrected chi connectivity index (χ1v) is 14.7. The molecule has 1 aliphatic carbocycles. The van der Waals surface area contributed by atoms with Crippen molar-refractivity contribution in [3.63, 3.8) is 0 Å². The standard InChI is InChI=1S/C40H52O/c1-32(19-12-21-34(3)22-13-23-35(4)24-15-26-37(6)31-41)17-10-11-18-33(2)20-14-25-36(5)28-29-39-38(7)27-16-30-40(39,8)9/h10-15,17-26,28-29,31H,16,27,30H2,1-9H3/b11-10+,19-12+,20-14+,22-13+,24-15+,29-28+,32-17+,33-18+,34-21+,35-23+,36-25+,37-26+. The lowest BCUT2D eigenvalue weighted by Gasteiger charge is -2.32. The lowest BCUT2D eigenvalue weighted by molar-refractivity contribution is -0.104. The molecule has 1 nitrogen and oxygen atoms in total. The molecule has 0 atom stereocenters. The van der Waals surface area contributed by atoms with E-state index in [4.69, 9.17) is 0 Å². The fourth-order valence-electron chi connectivity index (χ4n) is 4.36. The maximum atomic E-state index is 10.6. The second-order valence-electron chi connectivity index (χ2n) is 11.7. The molecule has 0 heterocycles. The number of hydrogen-bond donors (Lipinski definition) is 0. The summed E-state index contributed by atoms with van der Waals surface area (Å²) in [6.45, 7) is 19.3. The lowest BCUT2D eigenvalue weighted by atomic mass is 9.72. The molecule has 0 aromatic carbocycles. The van der Waals surface area contributed by atoms with Gasteiger partial charge in [0, 0.05) is 0 Å². The number of allylic oxidation sites excluding steroid dienone is 26. The summed E-state index contributed by atoms with van der Waals surface area (Å²) in [6, 6.07) is 0. The molecule has 0 unspecified atom stereocenters. The van der Waals surface area contributed by atoms with E-state index < -0.39 is 0 Å². The minimum atomic E-state index is 0.281. The van der Waals surface area contributed by atoms with Crippen LogP contribution >= 0.6 is 0 Å². The SMILES string of the molecule is CC1=C(/C=C/C(C)=C/C=C/C(C)=C/C=C/C=C(C)/C=C/C=C(C)/C=C/C=C(C)/C=C/C=C(\C)C=O)C(C)(C)CCC1. The molecule has 0 saturated heterocycles. The van der Waals surface area contributed by atoms with Crippen LogP contribution in [0, 0.1) is 5.41 Å². The van der Waals surface area contributed by atoms with Gasteiger partial charge in [-0.05, 0) is 84.3 Å². The van der Waals surface area contributed by atoms with E-state index in [9.17, 15) is 4.79 Å². The first kappa shape index (κ1) is 35.3. The van der Waals surface area contributed by atoms with Gasteiger partial charge in [-0.2, -0.15) is 0 Å². The number of carbonyl (C=O) groups excluding carboxylic acids is 1. The summed E-state index contributed by atoms with van der Waals surface area (Å²) < 4.78 is 0. The monoisotopic (exact) mass is 548 g/mol. The molecule has 0 aliphatic heterocycles. The van der Waals surface area contributed by atoms with Crippen LogP contribution < -0.4 is 0 Å². The summed E-state index contributed by atoms with van der Waals surface area (Å²) in [6.07, 6.45) is 42.2. The van der Waals surface area contributed by atoms with Gasteiger partial charge >= 0.3 is 0 Å². The van der Waals surface area contributed by atoms with Gasteiger partial charge in [-0.25, -0.2) is 0 Å². The van der Waals surface area contributed by atoms with Crippen molar-refractivity contribution in [1.82, 2.24) is 0 Å². The fraction of sp³-hybridized carbons (Fsp3) is 0.325. The van der Waals surface area contributed by atoms with Gasteiger partial charge in [0.15, 0.2) is 0 Å². The predicted octanol–water partition coefficient (Wildman–Crippen LogP) is 11.7. The van der Waals surface area contributed by atoms with Gasteiger partial charge in [-0.3, -0.25) is 4.79 Å². The highest BCUT2D eigenvalue weighted by Crippen LogP contribution is 2.40. The molecule has 0 saturated carbocycles. The van der Waals surface area contributed by atoms with Crippen LogP contribution in [0.25, 0.3) is 0 Å². The minimum absolute atomic E-state index is 0.281. The van der Waals surface area contributed by atoms with E-state index in [1.54, 1.807) is 13.0 Å². The summed E-state index contributed by atoms with van der Waals surface area (Å²) in [5, 5.41) is 0. The topological polar surface area (TPSA) is 17.1 Å². The molecule has 0 amide bonds. The molecule has 1 heteroatoms. The molecular weight excluding hydrogens is 496 g/mol. The summed E-state index contributed by atoms with van der Waals surface area (Å²) in [4.78, 5) is 10.6. The molecule has 218 valence electrons. The lowest BCUT2D eigenvalue weighted by Crippen LogP contribution is -2.19. The third-order valence-electron chi connectivity index (χ3n) is 6.94. The van der Waals surface area contributed by atoms with E-state index in [-0.39, 0.29) is 5.41 Å². The summed E-state index contributed by atoms with van der Waals surface area (Å²) in [5.41, 5.74) is 9.98. The first-order valence-electron chi connectivity index (χ1n) is 14.7. The van der Waals surface area contributed by atoms with Crippen LogP contribution in [-0.2, 0) is 4.79 Å². The second kappa shape index (κ2) is 19.4. The molecule has 0 fully saturated rings. The molecule has 1 aliphatic rings. The van der Waals surface area contributed by atoms with Gasteiger partial charge in [-0.1, -0.05) is 157 Å². The predicted molar refractivity (Wildman–Crippen MR) is 184 cm³/mol. The van der Waals surface area contributed by atoms with Crippen LogP contribution in [0.1, 0.15) is 81.6 Å². The largest absolute Gasteiger partial charge is 0.298 e. The molecule has 0 bridgehead atoms.